The van der Waals surface area contributed by atoms with Gasteiger partial charge in [0.25, 0.3) is 0 Å². The first kappa shape index (κ1) is 24.7. The number of nitrogens with two attached hydrogens (primary N) is 1. The third-order valence-corrected chi connectivity index (χ3v) is 4.84. The van der Waals surface area contributed by atoms with Crippen molar-refractivity contribution in [3.63, 3.8) is 0 Å². The maximum atomic E-state index is 5.89. The maximum absolute atomic E-state index is 5.89. The SMILES string of the molecule is Br.CC(C)CCCCCCCCCCCCCC(C)C(C)N. The molecule has 0 spiro atoms. The minimum Gasteiger partial charge on any atom is -0.328 e. The van der Waals surface area contributed by atoms with Crippen molar-refractivity contribution in [2.45, 2.75) is 117 Å². The summed E-state index contributed by atoms with van der Waals surface area (Å²) in [5, 5.41) is 0. The highest BCUT2D eigenvalue weighted by Crippen LogP contribution is 2.16. The van der Waals surface area contributed by atoms with Gasteiger partial charge >= 0.3 is 0 Å². The summed E-state index contributed by atoms with van der Waals surface area (Å²) in [5.74, 6) is 1.58. The van der Waals surface area contributed by atoms with Crippen molar-refractivity contribution in [2.24, 2.45) is 17.6 Å². The minimum absolute atomic E-state index is 0. The summed E-state index contributed by atoms with van der Waals surface area (Å²) in [7, 11) is 0. The smallest absolute Gasteiger partial charge is 0.00361 e. The summed E-state index contributed by atoms with van der Waals surface area (Å²) < 4.78 is 0. The fourth-order valence-corrected chi connectivity index (χ4v) is 2.87. The zero-order valence-electron chi connectivity index (χ0n) is 15.9. The highest BCUT2D eigenvalue weighted by Gasteiger charge is 2.06. The molecule has 22 heavy (non-hydrogen) atoms. The van der Waals surface area contributed by atoms with Gasteiger partial charge in [0.2, 0.25) is 0 Å². The van der Waals surface area contributed by atoms with Gasteiger partial charge in [0.15, 0.2) is 0 Å². The van der Waals surface area contributed by atoms with Gasteiger partial charge < -0.3 is 5.73 Å². The molecule has 2 atom stereocenters. The number of unbranched alkanes of at least 4 members (excludes halogenated alkanes) is 10. The Balaban J connectivity index is 0. The Hall–Kier alpha value is 0.440. The van der Waals surface area contributed by atoms with Crippen molar-refractivity contribution in [1.82, 2.24) is 0 Å². The highest BCUT2D eigenvalue weighted by atomic mass is 79.9. The molecule has 0 saturated carbocycles. The summed E-state index contributed by atoms with van der Waals surface area (Å²) in [4.78, 5) is 0. The van der Waals surface area contributed by atoms with Crippen molar-refractivity contribution in [1.29, 1.82) is 0 Å². The molecule has 0 aromatic heterocycles. The van der Waals surface area contributed by atoms with E-state index in [9.17, 15) is 0 Å². The molecule has 2 N–H and O–H groups in total. The van der Waals surface area contributed by atoms with Crippen LogP contribution in [-0.2, 0) is 0 Å². The second kappa shape index (κ2) is 17.8. The molecule has 0 bridgehead atoms. The van der Waals surface area contributed by atoms with Crippen LogP contribution in [-0.4, -0.2) is 6.04 Å². The zero-order valence-corrected chi connectivity index (χ0v) is 17.6. The van der Waals surface area contributed by atoms with Crippen LogP contribution in [0, 0.1) is 11.8 Å². The number of hydrogen-bond donors (Lipinski definition) is 1. The van der Waals surface area contributed by atoms with Crippen LogP contribution < -0.4 is 5.73 Å². The third kappa shape index (κ3) is 18.5. The van der Waals surface area contributed by atoms with E-state index >= 15 is 0 Å². The van der Waals surface area contributed by atoms with Crippen LogP contribution in [0.1, 0.15) is 111 Å². The predicted octanol–water partition coefficient (Wildman–Crippen LogP) is 7.27. The van der Waals surface area contributed by atoms with Gasteiger partial charge in [0.05, 0.1) is 0 Å². The van der Waals surface area contributed by atoms with Crippen molar-refractivity contribution in [2.75, 3.05) is 0 Å². The van der Waals surface area contributed by atoms with E-state index in [-0.39, 0.29) is 17.0 Å². The van der Waals surface area contributed by atoms with Crippen molar-refractivity contribution < 1.29 is 0 Å². The molecule has 0 saturated heterocycles. The van der Waals surface area contributed by atoms with Gasteiger partial charge in [-0.15, -0.1) is 17.0 Å². The normalized spacial score (nSPS) is 13.9. The average molecular weight is 378 g/mol. The molecular weight excluding hydrogens is 334 g/mol. The van der Waals surface area contributed by atoms with Crippen molar-refractivity contribution >= 4 is 17.0 Å². The van der Waals surface area contributed by atoms with E-state index < -0.39 is 0 Å². The standard InChI is InChI=1S/C20H43N.BrH/c1-18(2)16-14-12-10-8-6-5-7-9-11-13-15-17-19(3)20(4)21;/h18-20H,5-17,21H2,1-4H3;1H. The summed E-state index contributed by atoms with van der Waals surface area (Å²) >= 11 is 0. The Kier molecular flexibility index (Phi) is 20.0. The molecule has 2 unspecified atom stereocenters. The van der Waals surface area contributed by atoms with Crippen LogP contribution in [0.25, 0.3) is 0 Å². The van der Waals surface area contributed by atoms with E-state index in [0.29, 0.717) is 12.0 Å². The molecule has 0 aromatic carbocycles. The van der Waals surface area contributed by atoms with Gasteiger partial charge in [-0.1, -0.05) is 97.8 Å². The predicted molar refractivity (Wildman–Crippen MR) is 108 cm³/mol. The van der Waals surface area contributed by atoms with Crippen molar-refractivity contribution in [3.05, 3.63) is 0 Å². The second-order valence-electron chi connectivity index (χ2n) is 7.70. The van der Waals surface area contributed by atoms with E-state index in [4.69, 9.17) is 5.73 Å². The number of rotatable bonds is 15. The molecule has 0 aliphatic carbocycles. The topological polar surface area (TPSA) is 26.0 Å². The van der Waals surface area contributed by atoms with Crippen LogP contribution >= 0.6 is 17.0 Å². The molecule has 1 nitrogen and oxygen atoms in total. The van der Waals surface area contributed by atoms with E-state index in [0.717, 1.165) is 5.92 Å². The molecule has 0 rings (SSSR count). The molecular formula is C20H44BrN. The third-order valence-electron chi connectivity index (χ3n) is 4.84. The van der Waals surface area contributed by atoms with Gasteiger partial charge in [-0.2, -0.15) is 0 Å². The lowest BCUT2D eigenvalue weighted by Gasteiger charge is -2.14. The average Bonchev–Trinajstić information content (AvgIpc) is 2.43. The quantitative estimate of drug-likeness (QED) is 0.298. The summed E-state index contributed by atoms with van der Waals surface area (Å²) in [6, 6.07) is 0.366. The first-order valence-electron chi connectivity index (χ1n) is 9.79. The van der Waals surface area contributed by atoms with Gasteiger partial charge in [-0.25, -0.2) is 0 Å². The first-order chi connectivity index (χ1) is 10.0. The van der Waals surface area contributed by atoms with E-state index in [1.807, 2.05) is 0 Å². The molecule has 0 aliphatic heterocycles. The lowest BCUT2D eigenvalue weighted by molar-refractivity contribution is 0.423. The molecule has 0 heterocycles. The van der Waals surface area contributed by atoms with E-state index in [2.05, 4.69) is 27.7 Å². The Bertz CT molecular complexity index is 204. The van der Waals surface area contributed by atoms with E-state index in [1.165, 1.54) is 83.5 Å². The van der Waals surface area contributed by atoms with Crippen molar-refractivity contribution in [3.8, 4) is 0 Å². The minimum atomic E-state index is 0. The summed E-state index contributed by atoms with van der Waals surface area (Å²) in [5.41, 5.74) is 5.89. The number of hydrogen-bond acceptors (Lipinski definition) is 1. The molecule has 0 radical (unpaired) electrons. The molecule has 0 fully saturated rings. The lowest BCUT2D eigenvalue weighted by Crippen LogP contribution is -2.23. The maximum Gasteiger partial charge on any atom is 0.00361 e. The lowest BCUT2D eigenvalue weighted by atomic mass is 9.96. The largest absolute Gasteiger partial charge is 0.328 e. The summed E-state index contributed by atoms with van der Waals surface area (Å²) in [6.45, 7) is 9.08. The van der Waals surface area contributed by atoms with Gasteiger partial charge in [0, 0.05) is 6.04 Å². The fraction of sp³-hybridized carbons (Fsp3) is 1.00. The second-order valence-corrected chi connectivity index (χ2v) is 7.70. The Morgan fingerprint density at radius 3 is 1.18 bits per heavy atom. The van der Waals surface area contributed by atoms with Crippen LogP contribution in [0.4, 0.5) is 0 Å². The Morgan fingerprint density at radius 2 is 0.864 bits per heavy atom. The molecule has 0 amide bonds. The van der Waals surface area contributed by atoms with E-state index in [1.54, 1.807) is 0 Å². The Labute approximate surface area is 152 Å². The molecule has 136 valence electrons. The molecule has 2 heteroatoms. The van der Waals surface area contributed by atoms with Gasteiger partial charge in [-0.3, -0.25) is 0 Å². The monoisotopic (exact) mass is 377 g/mol. The van der Waals surface area contributed by atoms with Gasteiger partial charge in [0.1, 0.15) is 0 Å². The zero-order chi connectivity index (χ0) is 15.9. The van der Waals surface area contributed by atoms with Crippen LogP contribution in [0.15, 0.2) is 0 Å². The van der Waals surface area contributed by atoms with Crippen LogP contribution in [0.3, 0.4) is 0 Å². The highest BCUT2D eigenvalue weighted by molar-refractivity contribution is 8.93. The Morgan fingerprint density at radius 1 is 0.545 bits per heavy atom. The van der Waals surface area contributed by atoms with Crippen LogP contribution in [0.5, 0.6) is 0 Å². The number of halogens is 1. The van der Waals surface area contributed by atoms with Gasteiger partial charge in [-0.05, 0) is 25.2 Å². The van der Waals surface area contributed by atoms with Crippen LogP contribution in [0.2, 0.25) is 0 Å². The first-order valence-corrected chi connectivity index (χ1v) is 9.79. The molecule has 0 aliphatic rings. The fourth-order valence-electron chi connectivity index (χ4n) is 2.87. The summed E-state index contributed by atoms with van der Waals surface area (Å²) in [6.07, 6.45) is 18.6. The molecule has 0 aromatic rings.